The minimum Gasteiger partial charge on any atom is -0.324 e. The Morgan fingerprint density at radius 2 is 2.29 bits per heavy atom. The van der Waals surface area contributed by atoms with E-state index in [0.717, 1.165) is 6.42 Å². The van der Waals surface area contributed by atoms with Gasteiger partial charge >= 0.3 is 0 Å². The van der Waals surface area contributed by atoms with Crippen molar-refractivity contribution in [3.05, 3.63) is 0 Å². The van der Waals surface area contributed by atoms with E-state index < -0.39 is 0 Å². The molecule has 2 nitrogen and oxygen atoms in total. The van der Waals surface area contributed by atoms with Gasteiger partial charge in [0.25, 0.3) is 0 Å². The molecular formula is C5H11NO. The number of nitrogens with two attached hydrogens (primary N) is 1. The number of ketones is 1. The van der Waals surface area contributed by atoms with E-state index in [2.05, 4.69) is 0 Å². The number of carbonyl (C=O) groups is 1. The second kappa shape index (κ2) is 3.81. The average molecular weight is 101 g/mol. The molecule has 0 aliphatic heterocycles. The molecule has 0 aliphatic carbocycles. The minimum atomic E-state index is 0.155. The van der Waals surface area contributed by atoms with E-state index in [-0.39, 0.29) is 12.3 Å². The smallest absolute Gasteiger partial charge is 0.146 e. The highest BCUT2D eigenvalue weighted by Gasteiger charge is 1.91. The van der Waals surface area contributed by atoms with Crippen LogP contribution < -0.4 is 5.73 Å². The molecule has 0 radical (unpaired) electrons. The first-order valence-corrected chi connectivity index (χ1v) is 2.53. The van der Waals surface area contributed by atoms with Crippen LogP contribution in [0.15, 0.2) is 0 Å². The summed E-state index contributed by atoms with van der Waals surface area (Å²) in [6.07, 6.45) is 1.55. The van der Waals surface area contributed by atoms with Crippen LogP contribution in [-0.4, -0.2) is 12.3 Å². The molecule has 7 heavy (non-hydrogen) atoms. The Hall–Kier alpha value is -0.370. The molecule has 0 spiro atoms. The van der Waals surface area contributed by atoms with Crippen LogP contribution >= 0.6 is 0 Å². The van der Waals surface area contributed by atoms with Crippen molar-refractivity contribution < 1.29 is 4.79 Å². The Morgan fingerprint density at radius 3 is 2.43 bits per heavy atom. The Morgan fingerprint density at radius 1 is 1.71 bits per heavy atom. The molecule has 2 heteroatoms. The van der Waals surface area contributed by atoms with Gasteiger partial charge in [0.05, 0.1) is 6.54 Å². The summed E-state index contributed by atoms with van der Waals surface area (Å²) >= 11 is 0. The van der Waals surface area contributed by atoms with Crippen molar-refractivity contribution in [1.29, 1.82) is 0 Å². The molecule has 42 valence electrons. The predicted octanol–water partition coefficient (Wildman–Crippen LogP) is 0.314. The molecule has 0 aromatic carbocycles. The second-order valence-corrected chi connectivity index (χ2v) is 1.49. The summed E-state index contributed by atoms with van der Waals surface area (Å²) in [5.41, 5.74) is 5.01. The third-order valence-electron chi connectivity index (χ3n) is 0.757. The molecule has 0 bridgehead atoms. The van der Waals surface area contributed by atoms with Gasteiger partial charge in [-0.15, -0.1) is 0 Å². The Balaban J connectivity index is 3.00. The van der Waals surface area contributed by atoms with Gasteiger partial charge in [-0.2, -0.15) is 0 Å². The number of hydrogen-bond donors (Lipinski definition) is 1. The van der Waals surface area contributed by atoms with E-state index in [1.54, 1.807) is 0 Å². The molecule has 0 fully saturated rings. The number of hydrogen-bond acceptors (Lipinski definition) is 2. The predicted molar refractivity (Wildman–Crippen MR) is 29.0 cm³/mol. The zero-order valence-corrected chi connectivity index (χ0v) is 4.61. The monoisotopic (exact) mass is 101 g/mol. The van der Waals surface area contributed by atoms with Crippen LogP contribution in [0.4, 0.5) is 0 Å². The molecule has 0 atom stereocenters. The number of Topliss-reactive ketones (excluding diaryl/α,β-unsaturated/α-hetero) is 1. The van der Waals surface area contributed by atoms with Crippen LogP contribution in [0.2, 0.25) is 0 Å². The lowest BCUT2D eigenvalue weighted by Crippen LogP contribution is -2.12. The summed E-state index contributed by atoms with van der Waals surface area (Å²) in [6, 6.07) is 0. The maximum atomic E-state index is 10.3. The SMILES string of the molecule is CCCC(=O)CN. The van der Waals surface area contributed by atoms with E-state index >= 15 is 0 Å². The van der Waals surface area contributed by atoms with Crippen LogP contribution in [-0.2, 0) is 4.79 Å². The lowest BCUT2D eigenvalue weighted by atomic mass is 10.2. The van der Waals surface area contributed by atoms with E-state index in [1.807, 2.05) is 6.92 Å². The van der Waals surface area contributed by atoms with E-state index in [0.29, 0.717) is 6.42 Å². The van der Waals surface area contributed by atoms with Gasteiger partial charge in [-0.05, 0) is 6.42 Å². The van der Waals surface area contributed by atoms with Crippen molar-refractivity contribution in [2.75, 3.05) is 6.54 Å². The van der Waals surface area contributed by atoms with Crippen molar-refractivity contribution in [2.45, 2.75) is 19.8 Å². The first-order chi connectivity index (χ1) is 3.31. The van der Waals surface area contributed by atoms with E-state index in [4.69, 9.17) is 5.73 Å². The number of rotatable bonds is 3. The maximum Gasteiger partial charge on any atom is 0.146 e. The molecule has 0 heterocycles. The van der Waals surface area contributed by atoms with Gasteiger partial charge in [0, 0.05) is 6.42 Å². The van der Waals surface area contributed by atoms with Crippen molar-refractivity contribution in [1.82, 2.24) is 0 Å². The first-order valence-electron chi connectivity index (χ1n) is 2.53. The van der Waals surface area contributed by atoms with Crippen LogP contribution in [0, 0.1) is 0 Å². The van der Waals surface area contributed by atoms with Gasteiger partial charge in [0.2, 0.25) is 0 Å². The molecule has 0 amide bonds. The second-order valence-electron chi connectivity index (χ2n) is 1.49. The van der Waals surface area contributed by atoms with Gasteiger partial charge in [-0.1, -0.05) is 6.92 Å². The fourth-order valence-electron chi connectivity index (χ4n) is 0.381. The Kier molecular flexibility index (Phi) is 3.61. The summed E-state index contributed by atoms with van der Waals surface area (Å²) in [5, 5.41) is 0. The molecule has 0 saturated carbocycles. The molecule has 0 aliphatic rings. The van der Waals surface area contributed by atoms with Gasteiger partial charge in [-0.3, -0.25) is 4.79 Å². The molecule has 0 rings (SSSR count). The zero-order chi connectivity index (χ0) is 5.70. The van der Waals surface area contributed by atoms with Crippen LogP contribution in [0.25, 0.3) is 0 Å². The Labute approximate surface area is 43.7 Å². The standard InChI is InChI=1S/C5H11NO/c1-2-3-5(7)4-6/h2-4,6H2,1H3. The highest BCUT2D eigenvalue weighted by atomic mass is 16.1. The summed E-state index contributed by atoms with van der Waals surface area (Å²) in [7, 11) is 0. The van der Waals surface area contributed by atoms with Gasteiger partial charge in [0.15, 0.2) is 0 Å². The molecule has 0 unspecified atom stereocenters. The van der Waals surface area contributed by atoms with E-state index in [1.165, 1.54) is 0 Å². The van der Waals surface area contributed by atoms with Crippen LogP contribution in [0.5, 0.6) is 0 Å². The fraction of sp³-hybridized carbons (Fsp3) is 0.800. The third-order valence-corrected chi connectivity index (χ3v) is 0.757. The average Bonchev–Trinajstić information content (AvgIpc) is 1.68. The van der Waals surface area contributed by atoms with E-state index in [9.17, 15) is 4.79 Å². The summed E-state index contributed by atoms with van der Waals surface area (Å²) in [6.45, 7) is 2.17. The first kappa shape index (κ1) is 6.63. The van der Waals surface area contributed by atoms with Gasteiger partial charge in [0.1, 0.15) is 5.78 Å². The quantitative estimate of drug-likeness (QED) is 0.556. The molecule has 0 aromatic rings. The number of carbonyl (C=O) groups excluding carboxylic acids is 1. The lowest BCUT2D eigenvalue weighted by molar-refractivity contribution is -0.117. The Bertz CT molecular complexity index is 61.1. The topological polar surface area (TPSA) is 43.1 Å². The van der Waals surface area contributed by atoms with Gasteiger partial charge in [-0.25, -0.2) is 0 Å². The van der Waals surface area contributed by atoms with Crippen molar-refractivity contribution in [3.8, 4) is 0 Å². The van der Waals surface area contributed by atoms with Crippen LogP contribution in [0.3, 0.4) is 0 Å². The van der Waals surface area contributed by atoms with Crippen LogP contribution in [0.1, 0.15) is 19.8 Å². The molecule has 0 aromatic heterocycles. The largest absolute Gasteiger partial charge is 0.324 e. The maximum absolute atomic E-state index is 10.3. The molecule has 2 N–H and O–H groups in total. The zero-order valence-electron chi connectivity index (χ0n) is 4.61. The van der Waals surface area contributed by atoms with Gasteiger partial charge < -0.3 is 5.73 Å². The fourth-order valence-corrected chi connectivity index (χ4v) is 0.381. The lowest BCUT2D eigenvalue weighted by Gasteiger charge is -1.87. The summed E-state index contributed by atoms with van der Waals surface area (Å²) in [5.74, 6) is 0.155. The van der Waals surface area contributed by atoms with Crippen molar-refractivity contribution >= 4 is 5.78 Å². The third kappa shape index (κ3) is 3.46. The summed E-state index contributed by atoms with van der Waals surface area (Å²) in [4.78, 5) is 10.3. The summed E-state index contributed by atoms with van der Waals surface area (Å²) < 4.78 is 0. The molecular weight excluding hydrogens is 90.1 g/mol. The van der Waals surface area contributed by atoms with Crippen molar-refractivity contribution in [3.63, 3.8) is 0 Å². The van der Waals surface area contributed by atoms with Crippen molar-refractivity contribution in [2.24, 2.45) is 5.73 Å². The highest BCUT2D eigenvalue weighted by molar-refractivity contribution is 5.80. The normalized spacial score (nSPS) is 8.86. The molecule has 0 saturated heterocycles. The highest BCUT2D eigenvalue weighted by Crippen LogP contribution is 1.84. The minimum absolute atomic E-state index is 0.155.